The summed E-state index contributed by atoms with van der Waals surface area (Å²) in [5.41, 5.74) is 4.77. The number of carbonyl (C=O) groups excluding carboxylic acids is 2. The predicted molar refractivity (Wildman–Crippen MR) is 80.1 cm³/mol. The van der Waals surface area contributed by atoms with E-state index >= 15 is 0 Å². The van der Waals surface area contributed by atoms with Gasteiger partial charge >= 0.3 is 0 Å². The van der Waals surface area contributed by atoms with Gasteiger partial charge in [-0.25, -0.2) is 0 Å². The Kier molecular flexibility index (Phi) is 6.17. The fourth-order valence-electron chi connectivity index (χ4n) is 1.84. The molecule has 6 heteroatoms. The Morgan fingerprint density at radius 1 is 1.29 bits per heavy atom. The molecule has 0 aromatic heterocycles. The van der Waals surface area contributed by atoms with Crippen LogP contribution in [0.1, 0.15) is 26.7 Å². The number of benzene rings is 1. The second-order valence-corrected chi connectivity index (χ2v) is 4.92. The highest BCUT2D eigenvalue weighted by Crippen LogP contribution is 2.21. The van der Waals surface area contributed by atoms with Crippen molar-refractivity contribution in [2.75, 3.05) is 19.0 Å². The number of hydrogen-bond acceptors (Lipinski definition) is 4. The lowest BCUT2D eigenvalue weighted by Crippen LogP contribution is -2.41. The zero-order valence-corrected chi connectivity index (χ0v) is 12.6. The number of hydrogen-bond donors (Lipinski definition) is 2. The van der Waals surface area contributed by atoms with Gasteiger partial charge in [0.1, 0.15) is 11.4 Å². The molecule has 0 spiro atoms. The normalized spacial score (nSPS) is 13.3. The second kappa shape index (κ2) is 7.64. The molecule has 2 amide bonds. The van der Waals surface area contributed by atoms with Gasteiger partial charge in [-0.15, -0.1) is 0 Å². The number of ether oxygens (including phenoxy) is 2. The Bertz CT molecular complexity index is 487. The van der Waals surface area contributed by atoms with Gasteiger partial charge in [-0.05, 0) is 37.6 Å². The average Bonchev–Trinajstić information content (AvgIpc) is 2.46. The lowest BCUT2D eigenvalue weighted by atomic mass is 9.99. The van der Waals surface area contributed by atoms with Crippen LogP contribution >= 0.6 is 0 Å². The summed E-state index contributed by atoms with van der Waals surface area (Å²) in [7, 11) is 1.52. The molecular weight excluding hydrogens is 272 g/mol. The van der Waals surface area contributed by atoms with Crippen molar-refractivity contribution in [2.45, 2.75) is 32.3 Å². The summed E-state index contributed by atoms with van der Waals surface area (Å²) in [6, 6.07) is 6.69. The molecular formula is C15H22N2O4. The lowest BCUT2D eigenvalue weighted by molar-refractivity contribution is -0.136. The van der Waals surface area contributed by atoms with Gasteiger partial charge in [-0.3, -0.25) is 9.59 Å². The number of anilines is 1. The van der Waals surface area contributed by atoms with E-state index in [1.807, 2.05) is 6.92 Å². The van der Waals surface area contributed by atoms with Gasteiger partial charge in [0.05, 0.1) is 0 Å². The fourth-order valence-corrected chi connectivity index (χ4v) is 1.84. The van der Waals surface area contributed by atoms with Gasteiger partial charge in [0, 0.05) is 12.8 Å². The van der Waals surface area contributed by atoms with Crippen molar-refractivity contribution in [2.24, 2.45) is 5.73 Å². The number of primary amides is 1. The van der Waals surface area contributed by atoms with E-state index in [-0.39, 0.29) is 12.5 Å². The SMILES string of the molecule is CCC[C@](C)(OC)C(=O)Nc1ccc(OCC(N)=O)cc1. The van der Waals surface area contributed by atoms with Gasteiger partial charge in [0.15, 0.2) is 6.61 Å². The molecule has 1 rings (SSSR count). The van der Waals surface area contributed by atoms with E-state index < -0.39 is 11.5 Å². The van der Waals surface area contributed by atoms with Crippen LogP contribution in [0.25, 0.3) is 0 Å². The highest BCUT2D eigenvalue weighted by atomic mass is 16.5. The molecule has 0 aliphatic heterocycles. The summed E-state index contributed by atoms with van der Waals surface area (Å²) in [6.07, 6.45) is 1.48. The van der Waals surface area contributed by atoms with Crippen molar-refractivity contribution < 1.29 is 19.1 Å². The summed E-state index contributed by atoms with van der Waals surface area (Å²) in [5, 5.41) is 2.80. The van der Waals surface area contributed by atoms with E-state index in [4.69, 9.17) is 15.2 Å². The van der Waals surface area contributed by atoms with Gasteiger partial charge in [0.2, 0.25) is 0 Å². The van der Waals surface area contributed by atoms with E-state index in [2.05, 4.69) is 5.32 Å². The number of amides is 2. The van der Waals surface area contributed by atoms with Crippen LogP contribution in [0.15, 0.2) is 24.3 Å². The zero-order valence-electron chi connectivity index (χ0n) is 12.6. The second-order valence-electron chi connectivity index (χ2n) is 4.92. The van der Waals surface area contributed by atoms with E-state index in [0.29, 0.717) is 17.9 Å². The maximum Gasteiger partial charge on any atom is 0.256 e. The third-order valence-electron chi connectivity index (χ3n) is 3.15. The number of rotatable bonds is 8. The van der Waals surface area contributed by atoms with E-state index in [1.54, 1.807) is 31.2 Å². The molecule has 3 N–H and O–H groups in total. The Morgan fingerprint density at radius 2 is 1.90 bits per heavy atom. The van der Waals surface area contributed by atoms with Crippen LogP contribution < -0.4 is 15.8 Å². The van der Waals surface area contributed by atoms with Gasteiger partial charge in [-0.2, -0.15) is 0 Å². The zero-order chi connectivity index (χ0) is 15.9. The molecule has 0 saturated heterocycles. The van der Waals surface area contributed by atoms with Crippen molar-refractivity contribution >= 4 is 17.5 Å². The van der Waals surface area contributed by atoms with E-state index in [0.717, 1.165) is 6.42 Å². The molecule has 0 bridgehead atoms. The number of nitrogens with one attached hydrogen (secondary N) is 1. The third-order valence-corrected chi connectivity index (χ3v) is 3.15. The molecule has 0 aliphatic carbocycles. The number of nitrogens with two attached hydrogens (primary N) is 1. The van der Waals surface area contributed by atoms with Crippen molar-refractivity contribution in [3.63, 3.8) is 0 Å². The monoisotopic (exact) mass is 294 g/mol. The number of carbonyl (C=O) groups is 2. The first kappa shape index (κ1) is 17.0. The minimum absolute atomic E-state index is 0.177. The predicted octanol–water partition coefficient (Wildman–Crippen LogP) is 1.69. The van der Waals surface area contributed by atoms with Crippen molar-refractivity contribution in [1.29, 1.82) is 0 Å². The molecule has 6 nitrogen and oxygen atoms in total. The summed E-state index contributed by atoms with van der Waals surface area (Å²) in [6.45, 7) is 3.58. The molecule has 1 aromatic rings. The summed E-state index contributed by atoms with van der Waals surface area (Å²) < 4.78 is 10.5. The molecule has 0 aliphatic rings. The molecule has 0 fully saturated rings. The topological polar surface area (TPSA) is 90.7 Å². The lowest BCUT2D eigenvalue weighted by Gasteiger charge is -2.26. The van der Waals surface area contributed by atoms with Crippen LogP contribution in [0.3, 0.4) is 0 Å². The van der Waals surface area contributed by atoms with Crippen LogP contribution in [0.5, 0.6) is 5.75 Å². The van der Waals surface area contributed by atoms with Crippen molar-refractivity contribution in [3.05, 3.63) is 24.3 Å². The minimum Gasteiger partial charge on any atom is -0.484 e. The minimum atomic E-state index is -0.851. The third kappa shape index (κ3) is 5.07. The maximum atomic E-state index is 12.2. The van der Waals surface area contributed by atoms with Crippen LogP contribution in [0.4, 0.5) is 5.69 Å². The average molecular weight is 294 g/mol. The van der Waals surface area contributed by atoms with Gasteiger partial charge < -0.3 is 20.5 Å². The number of methoxy groups -OCH3 is 1. The Labute approximate surface area is 124 Å². The van der Waals surface area contributed by atoms with Crippen LogP contribution in [0, 0.1) is 0 Å². The molecule has 0 saturated carbocycles. The molecule has 116 valence electrons. The first-order chi connectivity index (χ1) is 9.91. The van der Waals surface area contributed by atoms with Crippen molar-refractivity contribution in [1.82, 2.24) is 0 Å². The van der Waals surface area contributed by atoms with Crippen LogP contribution in [-0.2, 0) is 14.3 Å². The highest BCUT2D eigenvalue weighted by Gasteiger charge is 2.31. The molecule has 1 atom stereocenters. The Hall–Kier alpha value is -2.08. The summed E-state index contributed by atoms with van der Waals surface area (Å²) in [4.78, 5) is 22.8. The van der Waals surface area contributed by atoms with Crippen LogP contribution in [0.2, 0.25) is 0 Å². The molecule has 21 heavy (non-hydrogen) atoms. The first-order valence-corrected chi connectivity index (χ1v) is 6.79. The standard InChI is InChI=1S/C15H22N2O4/c1-4-9-15(2,20-3)14(19)17-11-5-7-12(8-6-11)21-10-13(16)18/h5-8H,4,9-10H2,1-3H3,(H2,16,18)(H,17,19)/t15-/m0/s1. The first-order valence-electron chi connectivity index (χ1n) is 6.79. The smallest absolute Gasteiger partial charge is 0.256 e. The van der Waals surface area contributed by atoms with E-state index in [1.165, 1.54) is 7.11 Å². The maximum absolute atomic E-state index is 12.2. The summed E-state index contributed by atoms with van der Waals surface area (Å²) >= 11 is 0. The fraction of sp³-hybridized carbons (Fsp3) is 0.467. The van der Waals surface area contributed by atoms with Crippen molar-refractivity contribution in [3.8, 4) is 5.75 Å². The molecule has 0 unspecified atom stereocenters. The largest absolute Gasteiger partial charge is 0.484 e. The molecule has 0 heterocycles. The highest BCUT2D eigenvalue weighted by molar-refractivity contribution is 5.97. The summed E-state index contributed by atoms with van der Waals surface area (Å²) in [5.74, 6) is -0.227. The molecule has 0 radical (unpaired) electrons. The van der Waals surface area contributed by atoms with E-state index in [9.17, 15) is 9.59 Å². The van der Waals surface area contributed by atoms with Gasteiger partial charge in [-0.1, -0.05) is 13.3 Å². The quantitative estimate of drug-likeness (QED) is 0.763. The van der Waals surface area contributed by atoms with Crippen LogP contribution in [-0.4, -0.2) is 31.1 Å². The Balaban J connectivity index is 2.66. The van der Waals surface area contributed by atoms with Gasteiger partial charge in [0.25, 0.3) is 11.8 Å². The molecule has 1 aromatic carbocycles. The Morgan fingerprint density at radius 3 is 2.38 bits per heavy atom.